The highest BCUT2D eigenvalue weighted by Crippen LogP contribution is 2.30. The summed E-state index contributed by atoms with van der Waals surface area (Å²) in [5.41, 5.74) is 0.910. The summed E-state index contributed by atoms with van der Waals surface area (Å²) in [7, 11) is 1.59. The van der Waals surface area contributed by atoms with Gasteiger partial charge in [-0.15, -0.1) is 0 Å². The lowest BCUT2D eigenvalue weighted by atomic mass is 10.2. The predicted molar refractivity (Wildman–Crippen MR) is 102 cm³/mol. The molecule has 0 aliphatic carbocycles. The Morgan fingerprint density at radius 3 is 2.29 bits per heavy atom. The fraction of sp³-hybridized carbons (Fsp3) is 0.300. The van der Waals surface area contributed by atoms with Gasteiger partial charge in [0.15, 0.2) is 0 Å². The van der Waals surface area contributed by atoms with Crippen LogP contribution in [0.15, 0.2) is 48.5 Å². The summed E-state index contributed by atoms with van der Waals surface area (Å²) in [5.74, 6) is -0.810. The van der Waals surface area contributed by atoms with Gasteiger partial charge in [-0.2, -0.15) is 13.2 Å². The SMILES string of the molecule is Cc1ccc(NC(=O)CN(C)[C@H](C)C(=O)Nc2cccc(C(F)(F)F)c2)cc1. The van der Waals surface area contributed by atoms with E-state index in [2.05, 4.69) is 10.6 Å². The summed E-state index contributed by atoms with van der Waals surface area (Å²) in [6.45, 7) is 3.46. The molecule has 0 aliphatic rings. The lowest BCUT2D eigenvalue weighted by Crippen LogP contribution is -2.43. The van der Waals surface area contributed by atoms with Crippen LogP contribution in [0.2, 0.25) is 0 Å². The molecule has 2 N–H and O–H groups in total. The topological polar surface area (TPSA) is 61.4 Å². The van der Waals surface area contributed by atoms with E-state index >= 15 is 0 Å². The number of carbonyl (C=O) groups excluding carboxylic acids is 2. The van der Waals surface area contributed by atoms with Crippen LogP contribution >= 0.6 is 0 Å². The fourth-order valence-electron chi connectivity index (χ4n) is 2.42. The Morgan fingerprint density at radius 2 is 1.68 bits per heavy atom. The third-order valence-corrected chi connectivity index (χ3v) is 4.23. The Bertz CT molecular complexity index is 835. The van der Waals surface area contributed by atoms with Crippen LogP contribution in [-0.4, -0.2) is 36.3 Å². The quantitative estimate of drug-likeness (QED) is 0.782. The standard InChI is InChI=1S/C20H22F3N3O2/c1-13-7-9-16(10-8-13)24-18(27)12-26(3)14(2)19(28)25-17-6-4-5-15(11-17)20(21,22)23/h4-11,14H,12H2,1-3H3,(H,24,27)(H,25,28)/t14-/m1/s1. The van der Waals surface area contributed by atoms with Gasteiger partial charge >= 0.3 is 6.18 Å². The van der Waals surface area contributed by atoms with Gasteiger partial charge in [-0.25, -0.2) is 0 Å². The number of anilines is 2. The normalized spacial score (nSPS) is 12.5. The summed E-state index contributed by atoms with van der Waals surface area (Å²) < 4.78 is 38.3. The molecule has 2 aromatic rings. The van der Waals surface area contributed by atoms with Gasteiger partial charge in [-0.05, 0) is 51.2 Å². The minimum atomic E-state index is -4.49. The number of alkyl halides is 3. The van der Waals surface area contributed by atoms with Crippen molar-refractivity contribution in [3.8, 4) is 0 Å². The van der Waals surface area contributed by atoms with Crippen molar-refractivity contribution >= 4 is 23.2 Å². The van der Waals surface area contributed by atoms with Crippen LogP contribution in [0, 0.1) is 6.92 Å². The lowest BCUT2D eigenvalue weighted by Gasteiger charge is -2.23. The number of rotatable bonds is 6. The van der Waals surface area contributed by atoms with Gasteiger partial charge < -0.3 is 10.6 Å². The van der Waals surface area contributed by atoms with E-state index in [9.17, 15) is 22.8 Å². The molecular weight excluding hydrogens is 371 g/mol. The number of amides is 2. The molecule has 0 radical (unpaired) electrons. The molecule has 0 bridgehead atoms. The molecule has 1 atom stereocenters. The van der Waals surface area contributed by atoms with E-state index in [0.717, 1.165) is 17.7 Å². The van der Waals surface area contributed by atoms with Gasteiger partial charge in [0, 0.05) is 11.4 Å². The Balaban J connectivity index is 1.93. The first-order valence-electron chi connectivity index (χ1n) is 8.61. The predicted octanol–water partition coefficient (Wildman–Crippen LogP) is 3.91. The van der Waals surface area contributed by atoms with Crippen molar-refractivity contribution in [2.24, 2.45) is 0 Å². The molecule has 0 saturated heterocycles. The maximum atomic E-state index is 12.8. The number of carbonyl (C=O) groups is 2. The second-order valence-electron chi connectivity index (χ2n) is 6.57. The molecule has 28 heavy (non-hydrogen) atoms. The van der Waals surface area contributed by atoms with E-state index in [1.807, 2.05) is 19.1 Å². The van der Waals surface area contributed by atoms with Gasteiger partial charge in [0.25, 0.3) is 0 Å². The average molecular weight is 393 g/mol. The highest BCUT2D eigenvalue weighted by Gasteiger charge is 2.30. The number of benzene rings is 2. The van der Waals surface area contributed by atoms with Crippen LogP contribution in [-0.2, 0) is 15.8 Å². The van der Waals surface area contributed by atoms with Crippen molar-refractivity contribution < 1.29 is 22.8 Å². The van der Waals surface area contributed by atoms with E-state index in [1.54, 1.807) is 26.1 Å². The lowest BCUT2D eigenvalue weighted by molar-refractivity contribution is -0.137. The van der Waals surface area contributed by atoms with Gasteiger partial charge in [-0.1, -0.05) is 23.8 Å². The van der Waals surface area contributed by atoms with E-state index < -0.39 is 23.7 Å². The van der Waals surface area contributed by atoms with Crippen molar-refractivity contribution in [1.82, 2.24) is 4.90 Å². The minimum absolute atomic E-state index is 0.0455. The summed E-state index contributed by atoms with van der Waals surface area (Å²) in [6.07, 6.45) is -4.49. The van der Waals surface area contributed by atoms with Crippen molar-refractivity contribution in [3.05, 3.63) is 59.7 Å². The van der Waals surface area contributed by atoms with Crippen LogP contribution < -0.4 is 10.6 Å². The van der Waals surface area contributed by atoms with Gasteiger partial charge in [0.2, 0.25) is 11.8 Å². The Kier molecular flexibility index (Phi) is 6.80. The maximum Gasteiger partial charge on any atom is 0.416 e. The number of hydrogen-bond donors (Lipinski definition) is 2. The molecule has 0 heterocycles. The molecule has 8 heteroatoms. The van der Waals surface area contributed by atoms with Gasteiger partial charge in [-0.3, -0.25) is 14.5 Å². The zero-order valence-corrected chi connectivity index (χ0v) is 15.8. The summed E-state index contributed by atoms with van der Waals surface area (Å²) >= 11 is 0. The van der Waals surface area contributed by atoms with Crippen LogP contribution in [0.4, 0.5) is 24.5 Å². The number of aryl methyl sites for hydroxylation is 1. The molecule has 150 valence electrons. The number of hydrogen-bond acceptors (Lipinski definition) is 3. The van der Waals surface area contributed by atoms with Crippen LogP contribution in [0.3, 0.4) is 0 Å². The molecule has 0 fully saturated rings. The Morgan fingerprint density at radius 1 is 1.04 bits per heavy atom. The Labute approximate surface area is 161 Å². The average Bonchev–Trinajstić information content (AvgIpc) is 2.62. The first-order valence-corrected chi connectivity index (χ1v) is 8.61. The van der Waals surface area contributed by atoms with Crippen LogP contribution in [0.1, 0.15) is 18.1 Å². The first kappa shape index (κ1) is 21.4. The molecule has 0 aliphatic heterocycles. The Hall–Kier alpha value is -2.87. The molecule has 0 aromatic heterocycles. The summed E-state index contributed by atoms with van der Waals surface area (Å²) in [5, 5.41) is 5.18. The number of nitrogens with one attached hydrogen (secondary N) is 2. The monoisotopic (exact) mass is 393 g/mol. The summed E-state index contributed by atoms with van der Waals surface area (Å²) in [6, 6.07) is 11.0. The van der Waals surface area contributed by atoms with Gasteiger partial charge in [0.1, 0.15) is 0 Å². The van der Waals surface area contributed by atoms with Crippen LogP contribution in [0.5, 0.6) is 0 Å². The third kappa shape index (κ3) is 6.09. The smallest absolute Gasteiger partial charge is 0.325 e. The van der Waals surface area contributed by atoms with E-state index in [1.165, 1.54) is 17.0 Å². The zero-order chi connectivity index (χ0) is 20.9. The van der Waals surface area contributed by atoms with E-state index in [4.69, 9.17) is 0 Å². The van der Waals surface area contributed by atoms with Crippen molar-refractivity contribution in [3.63, 3.8) is 0 Å². The molecule has 0 spiro atoms. The molecule has 0 unspecified atom stereocenters. The second-order valence-corrected chi connectivity index (χ2v) is 6.57. The number of nitrogens with zero attached hydrogens (tertiary/aromatic N) is 1. The zero-order valence-electron chi connectivity index (χ0n) is 15.8. The molecule has 2 amide bonds. The van der Waals surface area contributed by atoms with Crippen LogP contribution in [0.25, 0.3) is 0 Å². The largest absolute Gasteiger partial charge is 0.416 e. The molecule has 2 aromatic carbocycles. The number of halogens is 3. The molecule has 0 saturated carbocycles. The molecule has 2 rings (SSSR count). The number of likely N-dealkylation sites (N-methyl/N-ethyl adjacent to an activating group) is 1. The molecule has 5 nitrogen and oxygen atoms in total. The van der Waals surface area contributed by atoms with E-state index in [-0.39, 0.29) is 18.1 Å². The highest BCUT2D eigenvalue weighted by atomic mass is 19.4. The molecular formula is C20H22F3N3O2. The first-order chi connectivity index (χ1) is 13.1. The van der Waals surface area contributed by atoms with Crippen molar-refractivity contribution in [1.29, 1.82) is 0 Å². The second kappa shape index (κ2) is 8.88. The minimum Gasteiger partial charge on any atom is -0.325 e. The van der Waals surface area contributed by atoms with Crippen molar-refractivity contribution in [2.75, 3.05) is 24.2 Å². The highest BCUT2D eigenvalue weighted by molar-refractivity contribution is 5.96. The summed E-state index contributed by atoms with van der Waals surface area (Å²) in [4.78, 5) is 26.0. The van der Waals surface area contributed by atoms with Crippen molar-refractivity contribution in [2.45, 2.75) is 26.1 Å². The fourth-order valence-corrected chi connectivity index (χ4v) is 2.42. The maximum absolute atomic E-state index is 12.8. The van der Waals surface area contributed by atoms with Gasteiger partial charge in [0.05, 0.1) is 18.2 Å². The third-order valence-electron chi connectivity index (χ3n) is 4.23. The van der Waals surface area contributed by atoms with E-state index in [0.29, 0.717) is 5.69 Å².